The summed E-state index contributed by atoms with van der Waals surface area (Å²) in [5.41, 5.74) is 10.4. The Balaban J connectivity index is 2.63. The molecular weight excluding hydrogens is 446 g/mol. The fraction of sp³-hybridized carbons (Fsp3) is 0.706. The van der Waals surface area contributed by atoms with Crippen molar-refractivity contribution in [2.24, 2.45) is 16.5 Å². The summed E-state index contributed by atoms with van der Waals surface area (Å²) in [5.74, 6) is -3.03. The van der Waals surface area contributed by atoms with Crippen LogP contribution in [-0.2, 0) is 19.2 Å². The van der Waals surface area contributed by atoms with Gasteiger partial charge in [0.2, 0.25) is 17.7 Å². The molecule has 1 saturated heterocycles. The molecule has 0 aromatic heterocycles. The van der Waals surface area contributed by atoms with Gasteiger partial charge in [0.1, 0.15) is 18.1 Å². The molecule has 0 spiro atoms. The maximum atomic E-state index is 12.5. The summed E-state index contributed by atoms with van der Waals surface area (Å²) in [4.78, 5) is 52.4. The normalized spacial score (nSPS) is 18.3. The Labute approximate surface area is 191 Å². The van der Waals surface area contributed by atoms with E-state index in [-0.39, 0.29) is 42.4 Å². The molecule has 0 aromatic carbocycles. The van der Waals surface area contributed by atoms with E-state index >= 15 is 0 Å². The van der Waals surface area contributed by atoms with Gasteiger partial charge in [-0.3, -0.25) is 19.4 Å². The fourth-order valence-corrected chi connectivity index (χ4v) is 3.39. The molecule has 12 nitrogen and oxygen atoms in total. The van der Waals surface area contributed by atoms with E-state index in [1.54, 1.807) is 0 Å². The van der Waals surface area contributed by atoms with Crippen molar-refractivity contribution >= 4 is 54.9 Å². The molecule has 1 fully saturated rings. The molecule has 31 heavy (non-hydrogen) atoms. The van der Waals surface area contributed by atoms with Crippen molar-refractivity contribution < 1.29 is 24.3 Å². The van der Waals surface area contributed by atoms with Crippen LogP contribution < -0.4 is 32.7 Å². The number of carbonyl (C=O) groups is 4. The number of aliphatic carboxylic acids is 1. The number of carboxylic acid groups (broad SMARTS) is 1. The number of nitrogens with two attached hydrogens (primary N) is 2. The Morgan fingerprint density at radius 2 is 1.61 bits per heavy atom. The monoisotopic (exact) mass is 477 g/mol. The maximum absolute atomic E-state index is 12.5. The summed E-state index contributed by atoms with van der Waals surface area (Å²) < 4.78 is 0. The van der Waals surface area contributed by atoms with Gasteiger partial charge >= 0.3 is 5.97 Å². The van der Waals surface area contributed by atoms with Gasteiger partial charge in [0.05, 0.1) is 6.04 Å². The van der Waals surface area contributed by atoms with Crippen molar-refractivity contribution in [2.75, 3.05) is 24.6 Å². The summed E-state index contributed by atoms with van der Waals surface area (Å²) in [6, 6.07) is -3.60. The number of aliphatic imine (C=N–C) groups is 1. The van der Waals surface area contributed by atoms with Crippen LogP contribution in [0.5, 0.6) is 0 Å². The number of carboxylic acids is 1. The minimum absolute atomic E-state index is 0.0216. The molecule has 14 heteroatoms. The highest BCUT2D eigenvalue weighted by Gasteiger charge is 2.30. The van der Waals surface area contributed by atoms with Crippen molar-refractivity contribution in [2.45, 2.75) is 49.9 Å². The lowest BCUT2D eigenvalue weighted by Crippen LogP contribution is -2.58. The van der Waals surface area contributed by atoms with E-state index in [9.17, 15) is 24.3 Å². The molecule has 0 aromatic rings. The highest BCUT2D eigenvalue weighted by atomic mass is 32.1. The Hall–Kier alpha value is -2.19. The number of rotatable bonds is 13. The molecule has 0 saturated carbocycles. The Morgan fingerprint density at radius 1 is 1.03 bits per heavy atom. The van der Waals surface area contributed by atoms with Crippen LogP contribution in [0, 0.1) is 0 Å². The zero-order chi connectivity index (χ0) is 23.4. The highest BCUT2D eigenvalue weighted by molar-refractivity contribution is 7.80. The largest absolute Gasteiger partial charge is 0.480 e. The third kappa shape index (κ3) is 9.65. The smallest absolute Gasteiger partial charge is 0.326 e. The van der Waals surface area contributed by atoms with Crippen LogP contribution >= 0.6 is 25.3 Å². The van der Waals surface area contributed by atoms with E-state index in [4.69, 9.17) is 11.5 Å². The maximum Gasteiger partial charge on any atom is 0.326 e. The van der Waals surface area contributed by atoms with Crippen molar-refractivity contribution in [1.82, 2.24) is 21.3 Å². The number of nitrogens with one attached hydrogen (secondary N) is 4. The molecule has 1 rings (SSSR count). The first-order valence-corrected chi connectivity index (χ1v) is 11.1. The summed E-state index contributed by atoms with van der Waals surface area (Å²) in [7, 11) is 0. The topological polar surface area (TPSA) is 201 Å². The van der Waals surface area contributed by atoms with Crippen molar-refractivity contribution in [3.63, 3.8) is 0 Å². The molecule has 9 N–H and O–H groups in total. The average Bonchev–Trinajstić information content (AvgIpc) is 3.26. The van der Waals surface area contributed by atoms with Gasteiger partial charge in [-0.25, -0.2) is 4.79 Å². The molecule has 176 valence electrons. The number of guanidine groups is 1. The second kappa shape index (κ2) is 14.0. The summed E-state index contributed by atoms with van der Waals surface area (Å²) >= 11 is 8.16. The Kier molecular flexibility index (Phi) is 12.1. The van der Waals surface area contributed by atoms with E-state index in [1.165, 1.54) is 0 Å². The number of nitrogens with zero attached hydrogens (tertiary/aromatic N) is 1. The first-order valence-electron chi connectivity index (χ1n) is 9.84. The van der Waals surface area contributed by atoms with E-state index in [1.807, 2.05) is 0 Å². The number of amides is 3. The molecule has 1 aliphatic heterocycles. The number of hydrogen-bond acceptors (Lipinski definition) is 8. The van der Waals surface area contributed by atoms with Crippen LogP contribution in [0.1, 0.15) is 25.7 Å². The van der Waals surface area contributed by atoms with Crippen LogP contribution in [0.3, 0.4) is 0 Å². The SMILES string of the molecule is NC(N)=NCCCC(NC(=O)C(CS)NC(=O)C(CS)NC(=O)C1CCCN1)C(=O)O. The van der Waals surface area contributed by atoms with Crippen molar-refractivity contribution in [3.8, 4) is 0 Å². The zero-order valence-corrected chi connectivity index (χ0v) is 18.8. The van der Waals surface area contributed by atoms with Crippen LogP contribution in [-0.4, -0.2) is 83.5 Å². The predicted octanol–water partition coefficient (Wildman–Crippen LogP) is -2.81. The van der Waals surface area contributed by atoms with Crippen LogP contribution in [0.25, 0.3) is 0 Å². The van der Waals surface area contributed by atoms with Crippen LogP contribution in [0.15, 0.2) is 4.99 Å². The number of carbonyl (C=O) groups excluding carboxylic acids is 3. The molecule has 3 amide bonds. The average molecular weight is 478 g/mol. The highest BCUT2D eigenvalue weighted by Crippen LogP contribution is 2.06. The van der Waals surface area contributed by atoms with Gasteiger partial charge < -0.3 is 37.8 Å². The molecule has 0 aliphatic carbocycles. The Bertz CT molecular complexity index is 669. The fourth-order valence-electron chi connectivity index (χ4n) is 2.87. The van der Waals surface area contributed by atoms with E-state index < -0.39 is 35.9 Å². The molecule has 1 aliphatic rings. The van der Waals surface area contributed by atoms with Gasteiger partial charge in [-0.2, -0.15) is 25.3 Å². The van der Waals surface area contributed by atoms with Gasteiger partial charge in [-0.1, -0.05) is 0 Å². The third-order valence-electron chi connectivity index (χ3n) is 4.57. The lowest BCUT2D eigenvalue weighted by atomic mass is 10.1. The van der Waals surface area contributed by atoms with Gasteiger partial charge in [0.25, 0.3) is 0 Å². The van der Waals surface area contributed by atoms with Crippen molar-refractivity contribution in [1.29, 1.82) is 0 Å². The van der Waals surface area contributed by atoms with Crippen LogP contribution in [0.2, 0.25) is 0 Å². The molecule has 4 unspecified atom stereocenters. The van der Waals surface area contributed by atoms with E-state index in [0.717, 1.165) is 13.0 Å². The van der Waals surface area contributed by atoms with E-state index in [0.29, 0.717) is 12.8 Å². The number of thiol groups is 2. The molecule has 1 heterocycles. The molecular formula is C17H31N7O5S2. The summed E-state index contributed by atoms with van der Waals surface area (Å²) in [6.07, 6.45) is 1.97. The second-order valence-corrected chi connectivity index (χ2v) is 7.71. The first kappa shape index (κ1) is 26.8. The zero-order valence-electron chi connectivity index (χ0n) is 17.0. The predicted molar refractivity (Wildman–Crippen MR) is 122 cm³/mol. The number of hydrogen-bond donors (Lipinski definition) is 9. The molecule has 0 radical (unpaired) electrons. The lowest BCUT2D eigenvalue weighted by molar-refractivity contribution is -0.142. The first-order chi connectivity index (χ1) is 14.7. The van der Waals surface area contributed by atoms with Gasteiger partial charge in [-0.15, -0.1) is 0 Å². The van der Waals surface area contributed by atoms with E-state index in [2.05, 4.69) is 51.5 Å². The third-order valence-corrected chi connectivity index (χ3v) is 5.30. The standard InChI is InChI=1S/C17H31N7O5S2/c18-17(19)21-6-2-4-10(16(28)29)22-14(26)11(7-30)24-15(27)12(8-31)23-13(25)9-3-1-5-20-9/h9-12,20,30-31H,1-8H2,(H,22,26)(H,23,25)(H,24,27)(H,28,29)(H4,18,19,21). The van der Waals surface area contributed by atoms with Gasteiger partial charge in [0, 0.05) is 18.1 Å². The van der Waals surface area contributed by atoms with Gasteiger partial charge in [-0.05, 0) is 32.2 Å². The second-order valence-electron chi connectivity index (χ2n) is 6.98. The summed E-state index contributed by atoms with van der Waals surface area (Å²) in [6.45, 7) is 0.947. The minimum atomic E-state index is -1.23. The lowest BCUT2D eigenvalue weighted by Gasteiger charge is -2.23. The molecule has 4 atom stereocenters. The minimum Gasteiger partial charge on any atom is -0.480 e. The van der Waals surface area contributed by atoms with Crippen LogP contribution in [0.4, 0.5) is 0 Å². The quantitative estimate of drug-likeness (QED) is 0.0585. The summed E-state index contributed by atoms with van der Waals surface area (Å²) in [5, 5.41) is 19.8. The van der Waals surface area contributed by atoms with Gasteiger partial charge in [0.15, 0.2) is 5.96 Å². The molecule has 0 bridgehead atoms. The van der Waals surface area contributed by atoms with Crippen molar-refractivity contribution in [3.05, 3.63) is 0 Å². The Morgan fingerprint density at radius 3 is 2.10 bits per heavy atom.